The predicted molar refractivity (Wildman–Crippen MR) is 60.7 cm³/mol. The van der Waals surface area contributed by atoms with Gasteiger partial charge in [0.15, 0.2) is 0 Å². The van der Waals surface area contributed by atoms with Gasteiger partial charge in [0.25, 0.3) is 0 Å². The number of aromatic nitrogens is 2. The fraction of sp³-hybridized carbons (Fsp3) is 0.727. The van der Waals surface area contributed by atoms with Crippen molar-refractivity contribution in [2.75, 3.05) is 0 Å². The summed E-state index contributed by atoms with van der Waals surface area (Å²) in [5.41, 5.74) is 0. The molecule has 0 saturated carbocycles. The zero-order valence-corrected chi connectivity index (χ0v) is 9.56. The Hall–Kier alpha value is -0.500. The van der Waals surface area contributed by atoms with Crippen molar-refractivity contribution in [3.8, 4) is 0 Å². The lowest BCUT2D eigenvalue weighted by Crippen LogP contribution is -2.04. The molecule has 1 unspecified atom stereocenters. The number of unbranched alkanes of at least 4 members (excludes halogenated alkanes) is 3. The SMILES string of the molecule is CCCCCCC(Cl)Cc1ncc[nH]1. The Bertz CT molecular complexity index is 221. The highest BCUT2D eigenvalue weighted by atomic mass is 35.5. The summed E-state index contributed by atoms with van der Waals surface area (Å²) in [5, 5.41) is 0.234. The van der Waals surface area contributed by atoms with E-state index in [4.69, 9.17) is 11.6 Å². The monoisotopic (exact) mass is 214 g/mol. The maximum Gasteiger partial charge on any atom is 0.107 e. The van der Waals surface area contributed by atoms with Crippen LogP contribution in [-0.4, -0.2) is 15.3 Å². The third-order valence-corrected chi connectivity index (χ3v) is 2.71. The number of aromatic amines is 1. The second-order valence-corrected chi connectivity index (χ2v) is 4.30. The molecule has 1 aromatic heterocycles. The van der Waals surface area contributed by atoms with Crippen LogP contribution in [0.1, 0.15) is 44.9 Å². The lowest BCUT2D eigenvalue weighted by atomic mass is 10.1. The molecular weight excluding hydrogens is 196 g/mol. The molecule has 0 saturated heterocycles. The van der Waals surface area contributed by atoms with E-state index in [-0.39, 0.29) is 5.38 Å². The van der Waals surface area contributed by atoms with Gasteiger partial charge in [0.2, 0.25) is 0 Å². The molecule has 1 atom stereocenters. The number of nitrogens with one attached hydrogen (secondary N) is 1. The van der Waals surface area contributed by atoms with Gasteiger partial charge in [-0.2, -0.15) is 0 Å². The topological polar surface area (TPSA) is 28.7 Å². The zero-order valence-electron chi connectivity index (χ0n) is 8.80. The van der Waals surface area contributed by atoms with Crippen LogP contribution in [0.5, 0.6) is 0 Å². The first kappa shape index (κ1) is 11.6. The summed E-state index contributed by atoms with van der Waals surface area (Å²) < 4.78 is 0. The van der Waals surface area contributed by atoms with Gasteiger partial charge in [0.05, 0.1) is 0 Å². The Morgan fingerprint density at radius 1 is 1.43 bits per heavy atom. The molecule has 0 amide bonds. The molecule has 2 nitrogen and oxygen atoms in total. The maximum atomic E-state index is 6.19. The maximum absolute atomic E-state index is 6.19. The number of H-pyrrole nitrogens is 1. The summed E-state index contributed by atoms with van der Waals surface area (Å²) in [6, 6.07) is 0. The summed E-state index contributed by atoms with van der Waals surface area (Å²) >= 11 is 6.19. The van der Waals surface area contributed by atoms with Gasteiger partial charge in [0, 0.05) is 24.2 Å². The summed E-state index contributed by atoms with van der Waals surface area (Å²) in [6.07, 6.45) is 10.7. The highest BCUT2D eigenvalue weighted by Crippen LogP contribution is 2.13. The van der Waals surface area contributed by atoms with Gasteiger partial charge in [-0.1, -0.05) is 32.6 Å². The molecule has 0 radical (unpaired) electrons. The normalized spacial score (nSPS) is 13.0. The molecule has 80 valence electrons. The first-order valence-electron chi connectivity index (χ1n) is 5.45. The van der Waals surface area contributed by atoms with Crippen molar-refractivity contribution in [3.05, 3.63) is 18.2 Å². The average molecular weight is 215 g/mol. The Morgan fingerprint density at radius 3 is 2.93 bits per heavy atom. The zero-order chi connectivity index (χ0) is 10.2. The van der Waals surface area contributed by atoms with Crippen molar-refractivity contribution >= 4 is 11.6 Å². The molecule has 0 bridgehead atoms. The Balaban J connectivity index is 2.07. The van der Waals surface area contributed by atoms with E-state index in [0.717, 1.165) is 18.7 Å². The first-order valence-corrected chi connectivity index (χ1v) is 5.89. The van der Waals surface area contributed by atoms with Gasteiger partial charge in [-0.3, -0.25) is 0 Å². The highest BCUT2D eigenvalue weighted by molar-refractivity contribution is 6.20. The number of nitrogens with zero attached hydrogens (tertiary/aromatic N) is 1. The molecule has 0 aromatic carbocycles. The smallest absolute Gasteiger partial charge is 0.107 e. The molecule has 0 fully saturated rings. The molecule has 0 aliphatic heterocycles. The molecule has 0 aliphatic carbocycles. The van der Waals surface area contributed by atoms with Crippen LogP contribution in [0.15, 0.2) is 12.4 Å². The van der Waals surface area contributed by atoms with Crippen LogP contribution < -0.4 is 0 Å². The predicted octanol–water partition coefficient (Wildman–Crippen LogP) is 3.53. The van der Waals surface area contributed by atoms with Crippen molar-refractivity contribution in [2.45, 2.75) is 50.8 Å². The molecule has 1 rings (SSSR count). The van der Waals surface area contributed by atoms with E-state index in [1.165, 1.54) is 25.7 Å². The fourth-order valence-electron chi connectivity index (χ4n) is 1.51. The van der Waals surface area contributed by atoms with Crippen LogP contribution in [0.4, 0.5) is 0 Å². The minimum atomic E-state index is 0.234. The van der Waals surface area contributed by atoms with E-state index in [1.807, 2.05) is 6.20 Å². The molecule has 0 spiro atoms. The number of imidazole rings is 1. The van der Waals surface area contributed by atoms with Crippen LogP contribution in [0, 0.1) is 0 Å². The second-order valence-electron chi connectivity index (χ2n) is 3.69. The molecule has 1 aromatic rings. The van der Waals surface area contributed by atoms with E-state index >= 15 is 0 Å². The number of rotatable bonds is 7. The molecule has 1 N–H and O–H groups in total. The van der Waals surface area contributed by atoms with Gasteiger partial charge in [-0.05, 0) is 6.42 Å². The van der Waals surface area contributed by atoms with Crippen LogP contribution in [0.25, 0.3) is 0 Å². The quantitative estimate of drug-likeness (QED) is 0.546. The second kappa shape index (κ2) is 6.88. The van der Waals surface area contributed by atoms with Crippen molar-refractivity contribution in [3.63, 3.8) is 0 Å². The molecule has 14 heavy (non-hydrogen) atoms. The van der Waals surface area contributed by atoms with E-state index < -0.39 is 0 Å². The third kappa shape index (κ3) is 4.66. The third-order valence-electron chi connectivity index (χ3n) is 2.34. The van der Waals surface area contributed by atoms with Crippen molar-refractivity contribution in [2.24, 2.45) is 0 Å². The number of hydrogen-bond acceptors (Lipinski definition) is 1. The minimum absolute atomic E-state index is 0.234. The lowest BCUT2D eigenvalue weighted by Gasteiger charge is -2.06. The van der Waals surface area contributed by atoms with Crippen LogP contribution >= 0.6 is 11.6 Å². The van der Waals surface area contributed by atoms with Crippen molar-refractivity contribution in [1.82, 2.24) is 9.97 Å². The lowest BCUT2D eigenvalue weighted by molar-refractivity contribution is 0.607. The summed E-state index contributed by atoms with van der Waals surface area (Å²) in [6.45, 7) is 2.22. The molecule has 3 heteroatoms. The van der Waals surface area contributed by atoms with E-state index in [0.29, 0.717) is 0 Å². The Kier molecular flexibility index (Phi) is 5.69. The molecule has 0 aliphatic rings. The van der Waals surface area contributed by atoms with Gasteiger partial charge < -0.3 is 4.98 Å². The van der Waals surface area contributed by atoms with Gasteiger partial charge in [-0.25, -0.2) is 4.98 Å². The van der Waals surface area contributed by atoms with Crippen LogP contribution in [0.3, 0.4) is 0 Å². The van der Waals surface area contributed by atoms with Crippen molar-refractivity contribution in [1.29, 1.82) is 0 Å². The van der Waals surface area contributed by atoms with E-state index in [2.05, 4.69) is 16.9 Å². The van der Waals surface area contributed by atoms with Gasteiger partial charge >= 0.3 is 0 Å². The van der Waals surface area contributed by atoms with E-state index in [1.54, 1.807) is 6.20 Å². The summed E-state index contributed by atoms with van der Waals surface area (Å²) in [4.78, 5) is 7.23. The number of alkyl halides is 1. The standard InChI is InChI=1S/C11H19ClN2/c1-2-3-4-5-6-10(12)9-11-13-7-8-14-11/h7-8,10H,2-6,9H2,1H3,(H,13,14). The largest absolute Gasteiger partial charge is 0.349 e. The Morgan fingerprint density at radius 2 is 2.29 bits per heavy atom. The minimum Gasteiger partial charge on any atom is -0.349 e. The van der Waals surface area contributed by atoms with Gasteiger partial charge in [-0.15, -0.1) is 11.6 Å². The molecule has 1 heterocycles. The molecular formula is C11H19ClN2. The average Bonchev–Trinajstić information content (AvgIpc) is 2.65. The van der Waals surface area contributed by atoms with Crippen LogP contribution in [0.2, 0.25) is 0 Å². The van der Waals surface area contributed by atoms with Crippen molar-refractivity contribution < 1.29 is 0 Å². The van der Waals surface area contributed by atoms with Crippen LogP contribution in [-0.2, 0) is 6.42 Å². The first-order chi connectivity index (χ1) is 6.83. The number of hydrogen-bond donors (Lipinski definition) is 1. The summed E-state index contributed by atoms with van der Waals surface area (Å²) in [7, 11) is 0. The fourth-order valence-corrected chi connectivity index (χ4v) is 1.81. The Labute approximate surface area is 91.1 Å². The summed E-state index contributed by atoms with van der Waals surface area (Å²) in [5.74, 6) is 1.00. The number of halogens is 1. The highest BCUT2D eigenvalue weighted by Gasteiger charge is 2.06. The van der Waals surface area contributed by atoms with Gasteiger partial charge in [0.1, 0.15) is 5.82 Å². The van der Waals surface area contributed by atoms with E-state index in [9.17, 15) is 0 Å².